The molecule has 0 saturated carbocycles. The minimum atomic E-state index is 0.713. The van der Waals surface area contributed by atoms with E-state index in [-0.39, 0.29) is 0 Å². The first-order valence-corrected chi connectivity index (χ1v) is 7.95. The Morgan fingerprint density at radius 1 is 1.17 bits per heavy atom. The van der Waals surface area contributed by atoms with Gasteiger partial charge >= 0.3 is 0 Å². The second kappa shape index (κ2) is 7.46. The Morgan fingerprint density at radius 2 is 1.94 bits per heavy atom. The standard InChI is InChI=1S/C15H31N3/c1-13(2)15(18-9-5-6-10-18)12-16-11-14-7-3-4-8-17-14/h13-17H,3-12H2,1-2H3. The molecule has 18 heavy (non-hydrogen) atoms. The van der Waals surface area contributed by atoms with Gasteiger partial charge in [-0.05, 0) is 51.2 Å². The Labute approximate surface area is 113 Å². The van der Waals surface area contributed by atoms with Crippen LogP contribution in [-0.2, 0) is 0 Å². The molecule has 0 bridgehead atoms. The van der Waals surface area contributed by atoms with Crippen LogP contribution in [-0.4, -0.2) is 49.7 Å². The van der Waals surface area contributed by atoms with E-state index in [0.29, 0.717) is 6.04 Å². The van der Waals surface area contributed by atoms with Crippen molar-refractivity contribution in [1.82, 2.24) is 15.5 Å². The first-order valence-electron chi connectivity index (χ1n) is 7.95. The van der Waals surface area contributed by atoms with Crippen molar-refractivity contribution in [2.75, 3.05) is 32.7 Å². The molecule has 2 rings (SSSR count). The highest BCUT2D eigenvalue weighted by molar-refractivity contribution is 4.82. The highest BCUT2D eigenvalue weighted by atomic mass is 15.2. The summed E-state index contributed by atoms with van der Waals surface area (Å²) in [5, 5.41) is 7.32. The van der Waals surface area contributed by atoms with Crippen molar-refractivity contribution in [1.29, 1.82) is 0 Å². The van der Waals surface area contributed by atoms with Crippen LogP contribution in [0.4, 0.5) is 0 Å². The normalized spacial score (nSPS) is 27.8. The molecule has 2 aliphatic heterocycles. The molecule has 3 nitrogen and oxygen atoms in total. The number of nitrogens with zero attached hydrogens (tertiary/aromatic N) is 1. The molecule has 2 heterocycles. The summed E-state index contributed by atoms with van der Waals surface area (Å²) in [6.45, 7) is 10.9. The van der Waals surface area contributed by atoms with Crippen LogP contribution in [0.15, 0.2) is 0 Å². The van der Waals surface area contributed by atoms with Crippen LogP contribution < -0.4 is 10.6 Å². The van der Waals surface area contributed by atoms with Gasteiger partial charge in [0.1, 0.15) is 0 Å². The molecular formula is C15H31N3. The zero-order valence-corrected chi connectivity index (χ0v) is 12.3. The van der Waals surface area contributed by atoms with Crippen LogP contribution in [0.5, 0.6) is 0 Å². The summed E-state index contributed by atoms with van der Waals surface area (Å²) in [5.74, 6) is 0.759. The number of nitrogens with one attached hydrogen (secondary N) is 2. The number of hydrogen-bond donors (Lipinski definition) is 2. The molecule has 106 valence electrons. The molecule has 0 aliphatic carbocycles. The van der Waals surface area contributed by atoms with Crippen molar-refractivity contribution in [3.05, 3.63) is 0 Å². The van der Waals surface area contributed by atoms with E-state index in [9.17, 15) is 0 Å². The van der Waals surface area contributed by atoms with E-state index in [1.165, 1.54) is 51.7 Å². The van der Waals surface area contributed by atoms with Gasteiger partial charge in [-0.3, -0.25) is 4.90 Å². The Balaban J connectivity index is 1.68. The first-order chi connectivity index (χ1) is 8.77. The number of rotatable bonds is 6. The Morgan fingerprint density at radius 3 is 2.56 bits per heavy atom. The molecule has 0 aromatic carbocycles. The van der Waals surface area contributed by atoms with Crippen LogP contribution >= 0.6 is 0 Å². The third-order valence-electron chi connectivity index (χ3n) is 4.54. The highest BCUT2D eigenvalue weighted by Gasteiger charge is 2.24. The van der Waals surface area contributed by atoms with Gasteiger partial charge in [-0.15, -0.1) is 0 Å². The third-order valence-corrected chi connectivity index (χ3v) is 4.54. The largest absolute Gasteiger partial charge is 0.314 e. The predicted molar refractivity (Wildman–Crippen MR) is 77.9 cm³/mol. The lowest BCUT2D eigenvalue weighted by atomic mass is 10.0. The minimum absolute atomic E-state index is 0.713. The van der Waals surface area contributed by atoms with Crippen LogP contribution in [0.1, 0.15) is 46.0 Å². The quantitative estimate of drug-likeness (QED) is 0.756. The topological polar surface area (TPSA) is 27.3 Å². The summed E-state index contributed by atoms with van der Waals surface area (Å²) in [6, 6.07) is 1.45. The lowest BCUT2D eigenvalue weighted by Gasteiger charge is -2.32. The van der Waals surface area contributed by atoms with Gasteiger partial charge in [0.05, 0.1) is 0 Å². The fourth-order valence-corrected chi connectivity index (χ4v) is 3.36. The molecule has 2 fully saturated rings. The average Bonchev–Trinajstić information content (AvgIpc) is 2.89. The summed E-state index contributed by atoms with van der Waals surface area (Å²) >= 11 is 0. The molecule has 0 spiro atoms. The van der Waals surface area contributed by atoms with Crippen molar-refractivity contribution in [2.24, 2.45) is 5.92 Å². The van der Waals surface area contributed by atoms with Gasteiger partial charge in [-0.1, -0.05) is 20.3 Å². The van der Waals surface area contributed by atoms with Crippen molar-refractivity contribution in [2.45, 2.75) is 58.0 Å². The summed E-state index contributed by atoms with van der Waals surface area (Å²) in [6.07, 6.45) is 6.90. The van der Waals surface area contributed by atoms with Crippen molar-refractivity contribution < 1.29 is 0 Å². The van der Waals surface area contributed by atoms with Crippen molar-refractivity contribution >= 4 is 0 Å². The van der Waals surface area contributed by atoms with Gasteiger partial charge in [0.15, 0.2) is 0 Å². The maximum absolute atomic E-state index is 3.71. The van der Waals surface area contributed by atoms with E-state index >= 15 is 0 Å². The lowest BCUT2D eigenvalue weighted by Crippen LogP contribution is -2.48. The summed E-state index contributed by atoms with van der Waals surface area (Å²) in [5.41, 5.74) is 0. The van der Waals surface area contributed by atoms with E-state index < -0.39 is 0 Å². The molecule has 2 unspecified atom stereocenters. The number of hydrogen-bond acceptors (Lipinski definition) is 3. The summed E-state index contributed by atoms with van der Waals surface area (Å²) in [7, 11) is 0. The van der Waals surface area contributed by atoms with Gasteiger partial charge in [0.25, 0.3) is 0 Å². The minimum Gasteiger partial charge on any atom is -0.314 e. The zero-order valence-electron chi connectivity index (χ0n) is 12.3. The maximum atomic E-state index is 3.71. The van der Waals surface area contributed by atoms with E-state index in [1.54, 1.807) is 0 Å². The van der Waals surface area contributed by atoms with Crippen LogP contribution in [0.3, 0.4) is 0 Å². The Bertz CT molecular complexity index is 218. The van der Waals surface area contributed by atoms with E-state index in [0.717, 1.165) is 25.0 Å². The lowest BCUT2D eigenvalue weighted by molar-refractivity contribution is 0.184. The molecule has 0 aromatic rings. The molecule has 3 heteroatoms. The molecule has 2 saturated heterocycles. The van der Waals surface area contributed by atoms with Gasteiger partial charge in [-0.25, -0.2) is 0 Å². The van der Waals surface area contributed by atoms with Crippen molar-refractivity contribution in [3.63, 3.8) is 0 Å². The zero-order chi connectivity index (χ0) is 12.8. The van der Waals surface area contributed by atoms with E-state index in [4.69, 9.17) is 0 Å². The summed E-state index contributed by atoms with van der Waals surface area (Å²) in [4.78, 5) is 2.69. The van der Waals surface area contributed by atoms with Gasteiger partial charge in [0, 0.05) is 25.2 Å². The highest BCUT2D eigenvalue weighted by Crippen LogP contribution is 2.17. The number of likely N-dealkylation sites (tertiary alicyclic amines) is 1. The maximum Gasteiger partial charge on any atom is 0.0243 e. The molecule has 0 aromatic heterocycles. The molecule has 2 atom stereocenters. The third kappa shape index (κ3) is 4.22. The SMILES string of the molecule is CC(C)C(CNCC1CCCCN1)N1CCCC1. The van der Waals surface area contributed by atoms with Crippen molar-refractivity contribution in [3.8, 4) is 0 Å². The predicted octanol–water partition coefficient (Wildman–Crippen LogP) is 1.84. The molecular weight excluding hydrogens is 222 g/mol. The van der Waals surface area contributed by atoms with Crippen LogP contribution in [0, 0.1) is 5.92 Å². The second-order valence-corrected chi connectivity index (χ2v) is 6.36. The van der Waals surface area contributed by atoms with E-state index in [2.05, 4.69) is 29.4 Å². The molecule has 0 radical (unpaired) electrons. The fourth-order valence-electron chi connectivity index (χ4n) is 3.36. The Hall–Kier alpha value is -0.120. The van der Waals surface area contributed by atoms with Gasteiger partial charge < -0.3 is 10.6 Å². The molecule has 2 N–H and O–H groups in total. The summed E-state index contributed by atoms with van der Waals surface area (Å²) < 4.78 is 0. The van der Waals surface area contributed by atoms with Gasteiger partial charge in [0.2, 0.25) is 0 Å². The Kier molecular flexibility index (Phi) is 5.93. The van der Waals surface area contributed by atoms with Crippen LogP contribution in [0.2, 0.25) is 0 Å². The second-order valence-electron chi connectivity index (χ2n) is 6.36. The van der Waals surface area contributed by atoms with Gasteiger partial charge in [-0.2, -0.15) is 0 Å². The average molecular weight is 253 g/mol. The number of piperidine rings is 1. The van der Waals surface area contributed by atoms with E-state index in [1.807, 2.05) is 0 Å². The first kappa shape index (κ1) is 14.3. The smallest absolute Gasteiger partial charge is 0.0243 e. The molecule has 2 aliphatic rings. The van der Waals surface area contributed by atoms with Crippen LogP contribution in [0.25, 0.3) is 0 Å². The fraction of sp³-hybridized carbons (Fsp3) is 1.00. The molecule has 0 amide bonds. The monoisotopic (exact) mass is 253 g/mol.